The zero-order chi connectivity index (χ0) is 20.4. The summed E-state index contributed by atoms with van der Waals surface area (Å²) >= 11 is 3.75. The van der Waals surface area contributed by atoms with E-state index in [4.69, 9.17) is 4.42 Å². The molecule has 2 aromatic heterocycles. The molecule has 0 atom stereocenters. The summed E-state index contributed by atoms with van der Waals surface area (Å²) in [4.78, 5) is 16.8. The summed E-state index contributed by atoms with van der Waals surface area (Å²) in [6.45, 7) is 9.45. The molecule has 0 saturated carbocycles. The number of nitrogens with zero attached hydrogens (tertiary/aromatic N) is 3. The van der Waals surface area contributed by atoms with Crippen molar-refractivity contribution in [1.82, 2.24) is 14.8 Å². The van der Waals surface area contributed by atoms with Gasteiger partial charge in [-0.3, -0.25) is 0 Å². The van der Waals surface area contributed by atoms with Crippen LogP contribution in [-0.4, -0.2) is 23.4 Å². The van der Waals surface area contributed by atoms with E-state index in [2.05, 4.69) is 39.3 Å². The summed E-state index contributed by atoms with van der Waals surface area (Å²) in [5.74, 6) is 0.187. The van der Waals surface area contributed by atoms with Gasteiger partial charge < -0.3 is 0 Å². The fourth-order valence-electron chi connectivity index (χ4n) is 2.03. The number of aromatic nitrogens is 3. The standard InChI is InChI=1S/C18H15N3O2.C2H6.V.W/c1-5-8-9-11-21-16(12-13(4)20-21)17-19-15(7-3)14(10-6-2)18(22)23-17;1-2;;/h1,5,8-10,12H,2-4H3;1-2H3;;/q-2;;;. The van der Waals surface area contributed by atoms with Crippen LogP contribution >= 0.6 is 0 Å². The Kier molecular flexibility index (Phi) is 10.3. The molecule has 0 spiro atoms. The summed E-state index contributed by atoms with van der Waals surface area (Å²) in [5, 5.41) is 5.18. The SMILES string of the molecule is CC.C[C-]=c1nc(-c2cc(C)nn2[C-]=CC=C[CH]=[W])oc(=O)c1=C[C](C)=[V]. The summed E-state index contributed by atoms with van der Waals surface area (Å²) in [6.07, 6.45) is 13.2. The molecule has 0 unspecified atom stereocenters. The van der Waals surface area contributed by atoms with E-state index in [1.807, 2.05) is 44.2 Å². The van der Waals surface area contributed by atoms with Crippen LogP contribution < -0.4 is 16.2 Å². The molecule has 141 valence electrons. The van der Waals surface area contributed by atoms with Crippen molar-refractivity contribution in [1.29, 1.82) is 0 Å². The second kappa shape index (κ2) is 11.9. The summed E-state index contributed by atoms with van der Waals surface area (Å²) in [6, 6.07) is 1.79. The number of aryl methyl sites for hydroxylation is 1. The molecule has 2 aromatic rings. The molecule has 0 N–H and O–H groups in total. The Balaban J connectivity index is 0.00000176. The van der Waals surface area contributed by atoms with E-state index >= 15 is 0 Å². The van der Waals surface area contributed by atoms with Crippen molar-refractivity contribution in [3.63, 3.8) is 0 Å². The molecule has 5 nitrogen and oxygen atoms in total. The topological polar surface area (TPSA) is 60.9 Å². The van der Waals surface area contributed by atoms with E-state index in [9.17, 15) is 4.79 Å². The van der Waals surface area contributed by atoms with E-state index in [1.54, 1.807) is 25.1 Å². The number of hydrogen-bond donors (Lipinski definition) is 0. The Labute approximate surface area is 179 Å². The maximum atomic E-state index is 12.4. The van der Waals surface area contributed by atoms with E-state index in [-0.39, 0.29) is 5.89 Å². The first-order chi connectivity index (χ1) is 13.0. The number of allylic oxidation sites excluding steroid dienone is 3. The molecule has 0 aliphatic heterocycles. The Morgan fingerprint density at radius 1 is 1.37 bits per heavy atom. The average Bonchev–Trinajstić information content (AvgIpc) is 3.02. The van der Waals surface area contributed by atoms with Gasteiger partial charge in [-0.2, -0.15) is 0 Å². The third-order valence-electron chi connectivity index (χ3n) is 3.00. The monoisotopic (exact) mass is 570 g/mol. The van der Waals surface area contributed by atoms with Crippen molar-refractivity contribution in [3.05, 3.63) is 57.2 Å². The van der Waals surface area contributed by atoms with Crippen LogP contribution in [0.1, 0.15) is 33.4 Å². The van der Waals surface area contributed by atoms with Gasteiger partial charge in [0.15, 0.2) is 0 Å². The third-order valence-corrected chi connectivity index (χ3v) is 3.77. The van der Waals surface area contributed by atoms with Crippen LogP contribution in [0.25, 0.3) is 23.7 Å². The zero-order valence-corrected chi connectivity index (χ0v) is 20.3. The van der Waals surface area contributed by atoms with Crippen molar-refractivity contribution in [2.75, 3.05) is 0 Å². The van der Waals surface area contributed by atoms with Crippen LogP contribution in [0.5, 0.6) is 0 Å². The van der Waals surface area contributed by atoms with Crippen LogP contribution in [0.15, 0.2) is 33.5 Å². The van der Waals surface area contributed by atoms with Gasteiger partial charge in [0.2, 0.25) is 0 Å². The van der Waals surface area contributed by atoms with E-state index < -0.39 is 5.63 Å². The van der Waals surface area contributed by atoms with Crippen LogP contribution in [0.2, 0.25) is 0 Å². The molecule has 2 rings (SSSR count). The molecule has 0 bridgehead atoms. The third kappa shape index (κ3) is 6.77. The molecular weight excluding hydrogens is 549 g/mol. The number of hydrogen-bond acceptors (Lipinski definition) is 4. The van der Waals surface area contributed by atoms with Gasteiger partial charge in [-0.1, -0.05) is 13.8 Å². The minimum absolute atomic E-state index is 0.187. The van der Waals surface area contributed by atoms with Crippen molar-refractivity contribution in [2.24, 2.45) is 0 Å². The first-order valence-corrected chi connectivity index (χ1v) is 10.7. The molecule has 27 heavy (non-hydrogen) atoms. The molecule has 0 aliphatic carbocycles. The fraction of sp³-hybridized carbons (Fsp3) is 0.250. The fourth-order valence-corrected chi connectivity index (χ4v) is 2.55. The molecule has 0 fully saturated rings. The van der Waals surface area contributed by atoms with Gasteiger partial charge in [0.05, 0.1) is 0 Å². The molecule has 0 radical (unpaired) electrons. The Hall–Kier alpha value is -1.68. The molecule has 2 heterocycles. The van der Waals surface area contributed by atoms with Gasteiger partial charge in [0, 0.05) is 0 Å². The first kappa shape index (κ1) is 23.4. The Morgan fingerprint density at radius 2 is 2.07 bits per heavy atom. The molecule has 7 heteroatoms. The van der Waals surface area contributed by atoms with Gasteiger partial charge in [-0.15, -0.1) is 0 Å². The van der Waals surface area contributed by atoms with Gasteiger partial charge in [0.1, 0.15) is 0 Å². The predicted molar refractivity (Wildman–Crippen MR) is 102 cm³/mol. The van der Waals surface area contributed by atoms with Crippen molar-refractivity contribution < 1.29 is 40.7 Å². The van der Waals surface area contributed by atoms with Crippen LogP contribution in [0.3, 0.4) is 0 Å². The Morgan fingerprint density at radius 3 is 2.67 bits per heavy atom. The van der Waals surface area contributed by atoms with Crippen molar-refractivity contribution in [2.45, 2.75) is 34.6 Å². The summed E-state index contributed by atoms with van der Waals surface area (Å²) in [5.41, 5.74) is 0.867. The minimum atomic E-state index is -0.461. The molecule has 0 amide bonds. The normalized spacial score (nSPS) is 12.4. The average molecular weight is 570 g/mol. The summed E-state index contributed by atoms with van der Waals surface area (Å²) in [7, 11) is 0. The second-order valence-electron chi connectivity index (χ2n) is 5.00. The molecule has 0 saturated heterocycles. The van der Waals surface area contributed by atoms with Crippen LogP contribution in [0, 0.1) is 13.1 Å². The van der Waals surface area contributed by atoms with E-state index in [0.717, 1.165) is 9.92 Å². The van der Waals surface area contributed by atoms with Gasteiger partial charge in [-0.25, -0.2) is 0 Å². The van der Waals surface area contributed by atoms with E-state index in [0.29, 0.717) is 16.3 Å². The zero-order valence-electron chi connectivity index (χ0n) is 16.0. The van der Waals surface area contributed by atoms with Gasteiger partial charge >= 0.3 is 166 Å². The predicted octanol–water partition coefficient (Wildman–Crippen LogP) is 1.50. The molecule has 0 aliphatic rings. The van der Waals surface area contributed by atoms with Crippen LogP contribution in [0.4, 0.5) is 0 Å². The molecule has 0 aromatic carbocycles. The van der Waals surface area contributed by atoms with E-state index in [1.165, 1.54) is 24.0 Å². The first-order valence-electron chi connectivity index (χ1n) is 8.33. The maximum absolute atomic E-state index is 12.4. The number of rotatable bonds is 5. The van der Waals surface area contributed by atoms with Gasteiger partial charge in [-0.05, 0) is 0 Å². The summed E-state index contributed by atoms with van der Waals surface area (Å²) < 4.78 is 9.86. The quantitative estimate of drug-likeness (QED) is 0.404. The van der Waals surface area contributed by atoms with Gasteiger partial charge in [0.25, 0.3) is 0 Å². The van der Waals surface area contributed by atoms with Crippen LogP contribution in [-0.2, 0) is 36.3 Å². The Bertz CT molecular complexity index is 1050. The molecular formula is C20H21N3O2VW-2. The van der Waals surface area contributed by atoms with Crippen molar-refractivity contribution >= 4 is 20.8 Å². The second-order valence-corrected chi connectivity index (χ2v) is 7.08. The van der Waals surface area contributed by atoms with Crippen molar-refractivity contribution in [3.8, 4) is 11.6 Å².